The summed E-state index contributed by atoms with van der Waals surface area (Å²) in [6.07, 6.45) is 0.838. The highest BCUT2D eigenvalue weighted by molar-refractivity contribution is 6.00. The van der Waals surface area contributed by atoms with Gasteiger partial charge in [0.1, 0.15) is 11.6 Å². The fourth-order valence-electron chi connectivity index (χ4n) is 4.76. The summed E-state index contributed by atoms with van der Waals surface area (Å²) in [7, 11) is 0. The predicted octanol–water partition coefficient (Wildman–Crippen LogP) is 4.41. The van der Waals surface area contributed by atoms with Crippen LogP contribution in [-0.2, 0) is 6.18 Å². The highest BCUT2D eigenvalue weighted by atomic mass is 19.4. The second kappa shape index (κ2) is 8.09. The number of carbonyl (C=O) groups excluding carboxylic acids is 1. The van der Waals surface area contributed by atoms with Crippen molar-refractivity contribution < 1.29 is 22.4 Å². The average molecular weight is 457 g/mol. The van der Waals surface area contributed by atoms with Crippen LogP contribution in [0.25, 0.3) is 11.4 Å². The van der Waals surface area contributed by atoms with Crippen LogP contribution in [0.15, 0.2) is 55.0 Å². The molecule has 33 heavy (non-hydrogen) atoms. The highest BCUT2D eigenvalue weighted by Crippen LogP contribution is 2.41. The third-order valence-electron chi connectivity index (χ3n) is 6.20. The van der Waals surface area contributed by atoms with Crippen LogP contribution >= 0.6 is 0 Å². The van der Waals surface area contributed by atoms with Crippen LogP contribution in [0.1, 0.15) is 28.8 Å². The lowest BCUT2D eigenvalue weighted by Gasteiger charge is -2.34. The summed E-state index contributed by atoms with van der Waals surface area (Å²) in [4.78, 5) is 27.3. The number of aromatic nitrogens is 3. The van der Waals surface area contributed by atoms with Gasteiger partial charge < -0.3 is 10.2 Å². The lowest BCUT2D eigenvalue weighted by molar-refractivity contribution is -0.137. The van der Waals surface area contributed by atoms with Gasteiger partial charge in [-0.15, -0.1) is 0 Å². The Morgan fingerprint density at radius 3 is 2.48 bits per heavy atom. The molecule has 1 aliphatic carbocycles. The zero-order valence-corrected chi connectivity index (χ0v) is 17.3. The smallest absolute Gasteiger partial charge is 0.365 e. The van der Waals surface area contributed by atoms with Gasteiger partial charge in [0, 0.05) is 31.2 Å². The molecule has 2 fully saturated rings. The molecule has 1 aromatic carbocycles. The van der Waals surface area contributed by atoms with E-state index >= 15 is 0 Å². The minimum Gasteiger partial charge on any atom is -0.365 e. The summed E-state index contributed by atoms with van der Waals surface area (Å²) in [6.45, 7) is 0.535. The van der Waals surface area contributed by atoms with Gasteiger partial charge in [-0.25, -0.2) is 19.3 Å². The molecule has 3 aromatic rings. The van der Waals surface area contributed by atoms with E-state index in [1.165, 1.54) is 30.6 Å². The van der Waals surface area contributed by atoms with Crippen molar-refractivity contribution in [1.82, 2.24) is 19.9 Å². The molecule has 2 aliphatic rings. The Hall–Kier alpha value is -3.56. The number of carbonyl (C=O) groups is 1. The Balaban J connectivity index is 1.38. The number of likely N-dealkylation sites (tertiary alicyclic amines) is 1. The van der Waals surface area contributed by atoms with E-state index in [1.54, 1.807) is 17.0 Å². The largest absolute Gasteiger partial charge is 0.417 e. The molecule has 2 aromatic heterocycles. The molecule has 1 N–H and O–H groups in total. The van der Waals surface area contributed by atoms with Crippen LogP contribution in [0, 0.1) is 11.7 Å². The van der Waals surface area contributed by atoms with E-state index in [0.29, 0.717) is 12.4 Å². The van der Waals surface area contributed by atoms with Crippen molar-refractivity contribution >= 4 is 11.7 Å². The number of hydrogen-bond acceptors (Lipinski definition) is 5. The fraction of sp³-hybridized carbons (Fsp3) is 0.304. The SMILES string of the molecule is O=C(c1cccc(F)c1-c1ncccn1)N1CC2CC1[C@@H](Nc1ccc(C(F)(F)F)cn1)C2. The van der Waals surface area contributed by atoms with E-state index < -0.39 is 17.6 Å². The zero-order chi connectivity index (χ0) is 23.2. The van der Waals surface area contributed by atoms with Crippen LogP contribution in [0.5, 0.6) is 0 Å². The number of benzene rings is 1. The van der Waals surface area contributed by atoms with Gasteiger partial charge in [0.15, 0.2) is 5.82 Å². The summed E-state index contributed by atoms with van der Waals surface area (Å²) in [5, 5.41) is 3.17. The summed E-state index contributed by atoms with van der Waals surface area (Å²) >= 11 is 0. The van der Waals surface area contributed by atoms with Crippen molar-refractivity contribution in [3.05, 3.63) is 71.9 Å². The summed E-state index contributed by atoms with van der Waals surface area (Å²) in [6, 6.07) is 7.83. The Labute approximate surface area is 186 Å². The topological polar surface area (TPSA) is 71.0 Å². The van der Waals surface area contributed by atoms with E-state index in [-0.39, 0.29) is 40.9 Å². The summed E-state index contributed by atoms with van der Waals surface area (Å²) in [5.74, 6) is -0.212. The predicted molar refractivity (Wildman–Crippen MR) is 112 cm³/mol. The van der Waals surface area contributed by atoms with Gasteiger partial charge in [-0.2, -0.15) is 13.2 Å². The summed E-state index contributed by atoms with van der Waals surface area (Å²) < 4.78 is 53.1. The van der Waals surface area contributed by atoms with Crippen molar-refractivity contribution in [1.29, 1.82) is 0 Å². The van der Waals surface area contributed by atoms with Gasteiger partial charge in [-0.05, 0) is 49.1 Å². The molecule has 3 atom stereocenters. The number of rotatable bonds is 4. The molecule has 0 spiro atoms. The number of pyridine rings is 1. The van der Waals surface area contributed by atoms with Gasteiger partial charge in [-0.3, -0.25) is 4.79 Å². The molecule has 1 amide bonds. The highest BCUT2D eigenvalue weighted by Gasteiger charge is 2.47. The fourth-order valence-corrected chi connectivity index (χ4v) is 4.76. The number of fused-ring (bicyclic) bond motifs is 2. The molecule has 2 unspecified atom stereocenters. The average Bonchev–Trinajstić information content (AvgIpc) is 3.39. The first kappa shape index (κ1) is 21.3. The van der Waals surface area contributed by atoms with E-state index in [0.717, 1.165) is 25.1 Å². The molecule has 1 aliphatic heterocycles. The number of alkyl halides is 3. The van der Waals surface area contributed by atoms with E-state index in [9.17, 15) is 22.4 Å². The monoisotopic (exact) mass is 457 g/mol. The van der Waals surface area contributed by atoms with Crippen molar-refractivity contribution in [3.63, 3.8) is 0 Å². The number of hydrogen-bond donors (Lipinski definition) is 1. The molecule has 6 nitrogen and oxygen atoms in total. The molecule has 1 saturated heterocycles. The molecule has 0 radical (unpaired) electrons. The lowest BCUT2D eigenvalue weighted by atomic mass is 10.0. The number of anilines is 1. The van der Waals surface area contributed by atoms with Crippen LogP contribution in [0.4, 0.5) is 23.4 Å². The molecule has 5 rings (SSSR count). The number of nitrogens with zero attached hydrogens (tertiary/aromatic N) is 4. The zero-order valence-electron chi connectivity index (χ0n) is 17.3. The Bertz CT molecular complexity index is 1170. The maximum Gasteiger partial charge on any atom is 0.417 e. The van der Waals surface area contributed by atoms with Crippen molar-refractivity contribution in [2.45, 2.75) is 31.1 Å². The molecule has 1 saturated carbocycles. The van der Waals surface area contributed by atoms with Gasteiger partial charge in [0.25, 0.3) is 5.91 Å². The minimum atomic E-state index is -4.45. The third-order valence-corrected chi connectivity index (χ3v) is 6.20. The Morgan fingerprint density at radius 2 is 1.82 bits per heavy atom. The first-order valence-corrected chi connectivity index (χ1v) is 10.5. The quantitative estimate of drug-likeness (QED) is 0.588. The first-order valence-electron chi connectivity index (χ1n) is 10.5. The van der Waals surface area contributed by atoms with Crippen LogP contribution < -0.4 is 5.32 Å². The van der Waals surface area contributed by atoms with Crippen LogP contribution in [0.3, 0.4) is 0 Å². The van der Waals surface area contributed by atoms with Crippen molar-refractivity contribution in [3.8, 4) is 11.4 Å². The van der Waals surface area contributed by atoms with Crippen LogP contribution in [0.2, 0.25) is 0 Å². The molecule has 10 heteroatoms. The molecular weight excluding hydrogens is 438 g/mol. The normalized spacial score (nSPS) is 21.9. The van der Waals surface area contributed by atoms with Gasteiger partial charge >= 0.3 is 6.18 Å². The van der Waals surface area contributed by atoms with Crippen molar-refractivity contribution in [2.24, 2.45) is 5.92 Å². The number of piperidine rings is 1. The molecule has 170 valence electrons. The number of halogens is 4. The third kappa shape index (κ3) is 4.01. The van der Waals surface area contributed by atoms with E-state index in [4.69, 9.17) is 0 Å². The standard InChI is InChI=1S/C23H19F4N5O/c24-16-4-1-3-15(20(16)21-28-7-2-8-29-21)22(33)32-12-13-9-17(18(32)10-13)31-19-6-5-14(11-30-19)23(25,26)27/h1-8,11,13,17-18H,9-10,12H2,(H,30,31)/t13?,17-,18?/m0/s1. The lowest BCUT2D eigenvalue weighted by Crippen LogP contribution is -2.48. The first-order chi connectivity index (χ1) is 15.8. The van der Waals surface area contributed by atoms with Gasteiger partial charge in [0.05, 0.1) is 22.7 Å². The van der Waals surface area contributed by atoms with Gasteiger partial charge in [-0.1, -0.05) is 6.07 Å². The van der Waals surface area contributed by atoms with Crippen molar-refractivity contribution in [2.75, 3.05) is 11.9 Å². The maximum absolute atomic E-state index is 14.7. The number of amides is 1. The van der Waals surface area contributed by atoms with E-state index in [1.807, 2.05) is 0 Å². The molecular formula is C23H19F4N5O. The minimum absolute atomic E-state index is 0.0554. The number of nitrogens with one attached hydrogen (secondary N) is 1. The van der Waals surface area contributed by atoms with Crippen LogP contribution in [-0.4, -0.2) is 44.4 Å². The molecule has 2 bridgehead atoms. The van der Waals surface area contributed by atoms with Gasteiger partial charge in [0.2, 0.25) is 0 Å². The maximum atomic E-state index is 14.7. The summed E-state index contributed by atoms with van der Waals surface area (Å²) in [5.41, 5.74) is -0.584. The second-order valence-corrected chi connectivity index (χ2v) is 8.28. The molecule has 3 heterocycles. The van der Waals surface area contributed by atoms with E-state index in [2.05, 4.69) is 20.3 Å². The Morgan fingerprint density at radius 1 is 1.03 bits per heavy atom. The Kier molecular flexibility index (Phi) is 5.22. The second-order valence-electron chi connectivity index (χ2n) is 8.28.